The third-order valence-corrected chi connectivity index (χ3v) is 7.74. The molecule has 0 amide bonds. The maximum absolute atomic E-state index is 9.78. The molecule has 0 radical (unpaired) electrons. The summed E-state index contributed by atoms with van der Waals surface area (Å²) in [4.78, 5) is 17.2. The first-order chi connectivity index (χ1) is 21.2. The number of imidazole rings is 2. The van der Waals surface area contributed by atoms with E-state index in [1.165, 1.54) is 5.56 Å². The highest BCUT2D eigenvalue weighted by Gasteiger charge is 2.18. The first-order valence-corrected chi connectivity index (χ1v) is 14.5. The van der Waals surface area contributed by atoms with Gasteiger partial charge in [0.1, 0.15) is 17.4 Å². The molecule has 0 saturated heterocycles. The van der Waals surface area contributed by atoms with Crippen LogP contribution in [0.15, 0.2) is 133 Å². The SMILES string of the molecule is CCc1ccc(-c2nc(-c3ccc(-c4[nH]c(-c5ccc(O)cc5)nc4-c4ccccc4)cc3)c(-c3ccccc3)[nH]2)cc1. The van der Waals surface area contributed by atoms with Crippen LogP contribution >= 0.6 is 0 Å². The van der Waals surface area contributed by atoms with Crippen molar-refractivity contribution in [2.24, 2.45) is 0 Å². The Morgan fingerprint density at radius 1 is 0.465 bits per heavy atom. The fourth-order valence-corrected chi connectivity index (χ4v) is 5.37. The van der Waals surface area contributed by atoms with Gasteiger partial charge in [0, 0.05) is 33.4 Å². The number of hydrogen-bond donors (Lipinski definition) is 3. The molecule has 5 heteroatoms. The lowest BCUT2D eigenvalue weighted by atomic mass is 10.0. The van der Waals surface area contributed by atoms with Crippen molar-refractivity contribution in [2.45, 2.75) is 13.3 Å². The number of H-pyrrole nitrogens is 2. The Morgan fingerprint density at radius 3 is 1.37 bits per heavy atom. The Hall–Kier alpha value is -5.68. The Kier molecular flexibility index (Phi) is 6.89. The van der Waals surface area contributed by atoms with Gasteiger partial charge in [-0.2, -0.15) is 0 Å². The molecule has 2 aromatic heterocycles. The van der Waals surface area contributed by atoms with E-state index < -0.39 is 0 Å². The van der Waals surface area contributed by atoms with Crippen LogP contribution in [0.25, 0.3) is 67.8 Å². The summed E-state index contributed by atoms with van der Waals surface area (Å²) in [6, 6.07) is 44.7. The quantitative estimate of drug-likeness (QED) is 0.182. The van der Waals surface area contributed by atoms with Crippen molar-refractivity contribution in [1.29, 1.82) is 0 Å². The van der Waals surface area contributed by atoms with Gasteiger partial charge < -0.3 is 15.1 Å². The zero-order valence-corrected chi connectivity index (χ0v) is 23.8. The first-order valence-electron chi connectivity index (χ1n) is 14.5. The van der Waals surface area contributed by atoms with Crippen molar-refractivity contribution < 1.29 is 5.11 Å². The van der Waals surface area contributed by atoms with Crippen LogP contribution in [0.5, 0.6) is 5.75 Å². The maximum Gasteiger partial charge on any atom is 0.138 e. The van der Waals surface area contributed by atoms with Gasteiger partial charge in [-0.1, -0.05) is 116 Å². The van der Waals surface area contributed by atoms with Crippen molar-refractivity contribution in [2.75, 3.05) is 0 Å². The van der Waals surface area contributed by atoms with E-state index in [0.717, 1.165) is 74.2 Å². The minimum Gasteiger partial charge on any atom is -0.508 e. The van der Waals surface area contributed by atoms with E-state index in [1.54, 1.807) is 12.1 Å². The van der Waals surface area contributed by atoms with Crippen LogP contribution in [0.2, 0.25) is 0 Å². The number of aromatic nitrogens is 4. The molecule has 0 bridgehead atoms. The van der Waals surface area contributed by atoms with E-state index in [9.17, 15) is 5.11 Å². The third-order valence-electron chi connectivity index (χ3n) is 7.74. The first kappa shape index (κ1) is 26.2. The summed E-state index contributed by atoms with van der Waals surface area (Å²) >= 11 is 0. The second-order valence-electron chi connectivity index (χ2n) is 10.5. The topological polar surface area (TPSA) is 77.6 Å². The molecule has 0 aliphatic carbocycles. The molecule has 5 nitrogen and oxygen atoms in total. The van der Waals surface area contributed by atoms with Crippen molar-refractivity contribution in [1.82, 2.24) is 19.9 Å². The molecule has 43 heavy (non-hydrogen) atoms. The fourth-order valence-electron chi connectivity index (χ4n) is 5.37. The molecule has 0 atom stereocenters. The minimum absolute atomic E-state index is 0.226. The highest BCUT2D eigenvalue weighted by molar-refractivity contribution is 5.85. The summed E-state index contributed by atoms with van der Waals surface area (Å²) in [6.07, 6.45) is 1.00. The lowest BCUT2D eigenvalue weighted by Gasteiger charge is -2.06. The van der Waals surface area contributed by atoms with Crippen molar-refractivity contribution >= 4 is 0 Å². The van der Waals surface area contributed by atoms with E-state index in [4.69, 9.17) is 9.97 Å². The predicted molar refractivity (Wildman–Crippen MR) is 174 cm³/mol. The number of phenols is 1. The summed E-state index contributed by atoms with van der Waals surface area (Å²) in [6.45, 7) is 2.16. The van der Waals surface area contributed by atoms with Crippen LogP contribution in [-0.4, -0.2) is 25.0 Å². The van der Waals surface area contributed by atoms with Crippen molar-refractivity contribution in [3.8, 4) is 73.6 Å². The number of aromatic amines is 2. The molecule has 5 aromatic carbocycles. The second kappa shape index (κ2) is 11.3. The van der Waals surface area contributed by atoms with E-state index in [1.807, 2.05) is 48.5 Å². The van der Waals surface area contributed by atoms with Gasteiger partial charge in [0.15, 0.2) is 0 Å². The van der Waals surface area contributed by atoms with E-state index in [2.05, 4.69) is 89.7 Å². The van der Waals surface area contributed by atoms with Gasteiger partial charge in [0.25, 0.3) is 0 Å². The lowest BCUT2D eigenvalue weighted by Crippen LogP contribution is -1.86. The van der Waals surface area contributed by atoms with E-state index in [-0.39, 0.29) is 5.75 Å². The van der Waals surface area contributed by atoms with Crippen LogP contribution in [0.4, 0.5) is 0 Å². The average molecular weight is 559 g/mol. The van der Waals surface area contributed by atoms with Gasteiger partial charge in [0.05, 0.1) is 22.8 Å². The van der Waals surface area contributed by atoms with Gasteiger partial charge >= 0.3 is 0 Å². The Balaban J connectivity index is 1.30. The molecule has 0 aliphatic rings. The number of hydrogen-bond acceptors (Lipinski definition) is 3. The smallest absolute Gasteiger partial charge is 0.138 e. The molecule has 2 heterocycles. The molecular weight excluding hydrogens is 528 g/mol. The molecule has 0 saturated carbocycles. The molecule has 0 unspecified atom stereocenters. The average Bonchev–Trinajstić information content (AvgIpc) is 3.72. The standard InChI is InChI=1S/C38H30N4O/c1-2-25-13-15-30(16-14-25)37-39-33(26-9-5-3-6-10-26)35(41-37)28-17-19-29(20-18-28)36-34(27-11-7-4-8-12-27)40-38(42-36)31-21-23-32(43)24-22-31/h3-24,43H,2H2,1H3,(H,39,41)(H,40,42). The van der Waals surface area contributed by atoms with Crippen LogP contribution in [0, 0.1) is 0 Å². The number of aromatic hydroxyl groups is 1. The summed E-state index contributed by atoms with van der Waals surface area (Å²) in [7, 11) is 0. The van der Waals surface area contributed by atoms with Gasteiger partial charge in [-0.15, -0.1) is 0 Å². The van der Waals surface area contributed by atoms with Crippen LogP contribution < -0.4 is 0 Å². The highest BCUT2D eigenvalue weighted by Crippen LogP contribution is 2.37. The minimum atomic E-state index is 0.226. The zero-order valence-electron chi connectivity index (χ0n) is 23.8. The molecule has 208 valence electrons. The monoisotopic (exact) mass is 558 g/mol. The van der Waals surface area contributed by atoms with Crippen LogP contribution in [0.3, 0.4) is 0 Å². The van der Waals surface area contributed by atoms with Crippen molar-refractivity contribution in [3.05, 3.63) is 139 Å². The molecular formula is C38H30N4O. The van der Waals surface area contributed by atoms with Gasteiger partial charge in [-0.3, -0.25) is 0 Å². The summed E-state index contributed by atoms with van der Waals surface area (Å²) in [5.41, 5.74) is 11.1. The third kappa shape index (κ3) is 5.24. The van der Waals surface area contributed by atoms with E-state index >= 15 is 0 Å². The maximum atomic E-state index is 9.78. The van der Waals surface area contributed by atoms with Crippen molar-refractivity contribution in [3.63, 3.8) is 0 Å². The Bertz CT molecular complexity index is 1970. The number of nitrogens with one attached hydrogen (secondary N) is 2. The molecule has 7 rings (SSSR count). The summed E-state index contributed by atoms with van der Waals surface area (Å²) in [5.74, 6) is 1.82. The Morgan fingerprint density at radius 2 is 0.860 bits per heavy atom. The molecule has 7 aromatic rings. The number of aryl methyl sites for hydroxylation is 1. The lowest BCUT2D eigenvalue weighted by molar-refractivity contribution is 0.475. The van der Waals surface area contributed by atoms with Gasteiger partial charge in [-0.05, 0) is 36.2 Å². The second-order valence-corrected chi connectivity index (χ2v) is 10.5. The summed E-state index contributed by atoms with van der Waals surface area (Å²) < 4.78 is 0. The number of rotatable bonds is 7. The molecule has 0 spiro atoms. The fraction of sp³-hybridized carbons (Fsp3) is 0.0526. The van der Waals surface area contributed by atoms with Gasteiger partial charge in [-0.25, -0.2) is 9.97 Å². The van der Waals surface area contributed by atoms with Gasteiger partial charge in [0.2, 0.25) is 0 Å². The number of nitrogens with zero attached hydrogens (tertiary/aromatic N) is 2. The molecule has 3 N–H and O–H groups in total. The number of benzene rings is 5. The molecule has 0 fully saturated rings. The normalized spacial score (nSPS) is 11.1. The summed E-state index contributed by atoms with van der Waals surface area (Å²) in [5, 5.41) is 9.78. The van der Waals surface area contributed by atoms with Crippen LogP contribution in [0.1, 0.15) is 12.5 Å². The zero-order chi connectivity index (χ0) is 29.2. The van der Waals surface area contributed by atoms with E-state index in [0.29, 0.717) is 0 Å². The number of phenolic OH excluding ortho intramolecular Hbond substituents is 1. The predicted octanol–water partition coefficient (Wildman–Crippen LogP) is 9.40. The molecule has 0 aliphatic heterocycles. The van der Waals surface area contributed by atoms with Crippen LogP contribution in [-0.2, 0) is 6.42 Å². The Labute approximate surface area is 250 Å². The largest absolute Gasteiger partial charge is 0.508 e. The highest BCUT2D eigenvalue weighted by atomic mass is 16.3.